The normalized spacial score (nSPS) is 11.3. The van der Waals surface area contributed by atoms with Gasteiger partial charge < -0.3 is 14.6 Å². The van der Waals surface area contributed by atoms with E-state index in [4.69, 9.17) is 21.1 Å². The minimum absolute atomic E-state index is 0.0894. The predicted octanol–water partition coefficient (Wildman–Crippen LogP) is 3.38. The van der Waals surface area contributed by atoms with Crippen LogP contribution in [0.5, 0.6) is 5.75 Å². The lowest BCUT2D eigenvalue weighted by molar-refractivity contribution is -0.156. The number of hydrogen-bond donors (Lipinski definition) is 1. The maximum Gasteiger partial charge on any atom is 0.342 e. The molecule has 0 amide bonds. The van der Waals surface area contributed by atoms with Gasteiger partial charge >= 0.3 is 11.9 Å². The summed E-state index contributed by atoms with van der Waals surface area (Å²) in [5, 5.41) is 10.7. The highest BCUT2D eigenvalue weighted by Gasteiger charge is 2.30. The number of aliphatic imine (C=N–C) groups is 1. The Balaban J connectivity index is 2.64. The first-order valence-electron chi connectivity index (χ1n) is 8.43. The monoisotopic (exact) mass is 389 g/mol. The Morgan fingerprint density at radius 2 is 1.63 bits per heavy atom. The molecule has 1 N–H and O–H groups in total. The zero-order valence-corrected chi connectivity index (χ0v) is 15.8. The Morgan fingerprint density at radius 1 is 1.04 bits per heavy atom. The highest BCUT2D eigenvalue weighted by Crippen LogP contribution is 2.25. The van der Waals surface area contributed by atoms with Gasteiger partial charge in [0.05, 0.1) is 18.9 Å². The molecule has 27 heavy (non-hydrogen) atoms. The van der Waals surface area contributed by atoms with Crippen LogP contribution >= 0.6 is 11.6 Å². The zero-order chi connectivity index (χ0) is 19.8. The number of phenols is 1. The molecular weight excluding hydrogens is 370 g/mol. The lowest BCUT2D eigenvalue weighted by atomic mass is 10.0. The number of esters is 2. The van der Waals surface area contributed by atoms with Gasteiger partial charge in [0, 0.05) is 16.1 Å². The maximum atomic E-state index is 12.3. The SMILES string of the molecule is CCOC(=O)C(N=C(c1ccccc1)c1cc(Cl)ccc1O)C(=O)OCC. The third kappa shape index (κ3) is 5.31. The van der Waals surface area contributed by atoms with Crippen LogP contribution in [0.25, 0.3) is 0 Å². The lowest BCUT2D eigenvalue weighted by Crippen LogP contribution is -2.33. The first-order chi connectivity index (χ1) is 13.0. The van der Waals surface area contributed by atoms with Gasteiger partial charge in [-0.2, -0.15) is 0 Å². The molecule has 142 valence electrons. The summed E-state index contributed by atoms with van der Waals surface area (Å²) in [4.78, 5) is 28.9. The quantitative estimate of drug-likeness (QED) is 0.445. The number of carbonyl (C=O) groups is 2. The molecule has 0 radical (unpaired) electrons. The fraction of sp³-hybridized carbons (Fsp3) is 0.250. The number of phenolic OH excluding ortho intramolecular Hbond substituents is 1. The molecule has 2 aromatic carbocycles. The molecule has 0 unspecified atom stereocenters. The van der Waals surface area contributed by atoms with Crippen molar-refractivity contribution in [2.75, 3.05) is 13.2 Å². The number of benzene rings is 2. The van der Waals surface area contributed by atoms with Crippen LogP contribution < -0.4 is 0 Å². The van der Waals surface area contributed by atoms with E-state index < -0.39 is 18.0 Å². The highest BCUT2D eigenvalue weighted by molar-refractivity contribution is 6.31. The van der Waals surface area contributed by atoms with Gasteiger partial charge in [0.15, 0.2) is 0 Å². The van der Waals surface area contributed by atoms with Gasteiger partial charge in [-0.05, 0) is 32.0 Å². The summed E-state index contributed by atoms with van der Waals surface area (Å²) in [7, 11) is 0. The smallest absolute Gasteiger partial charge is 0.342 e. The van der Waals surface area contributed by atoms with Gasteiger partial charge in [0.2, 0.25) is 6.04 Å². The number of nitrogens with zero attached hydrogens (tertiary/aromatic N) is 1. The van der Waals surface area contributed by atoms with Crippen molar-refractivity contribution in [1.82, 2.24) is 0 Å². The Kier molecular flexibility index (Phi) is 7.37. The second kappa shape index (κ2) is 9.73. The van der Waals surface area contributed by atoms with Crippen molar-refractivity contribution >= 4 is 29.3 Å². The van der Waals surface area contributed by atoms with E-state index in [1.807, 2.05) is 6.07 Å². The summed E-state index contributed by atoms with van der Waals surface area (Å²) >= 11 is 6.06. The second-order valence-electron chi connectivity index (χ2n) is 5.41. The number of ether oxygens (including phenoxy) is 2. The lowest BCUT2D eigenvalue weighted by Gasteiger charge is -2.15. The van der Waals surface area contributed by atoms with Crippen LogP contribution in [0.1, 0.15) is 25.0 Å². The topological polar surface area (TPSA) is 85.2 Å². The summed E-state index contributed by atoms with van der Waals surface area (Å²) in [6, 6.07) is 11.8. The van der Waals surface area contributed by atoms with E-state index in [0.29, 0.717) is 10.6 Å². The second-order valence-corrected chi connectivity index (χ2v) is 5.85. The van der Waals surface area contributed by atoms with E-state index in [2.05, 4.69) is 4.99 Å². The van der Waals surface area contributed by atoms with Gasteiger partial charge in [-0.15, -0.1) is 0 Å². The van der Waals surface area contributed by atoms with Crippen molar-refractivity contribution in [2.24, 2.45) is 4.99 Å². The summed E-state index contributed by atoms with van der Waals surface area (Å²) in [5.41, 5.74) is 1.10. The molecule has 2 aromatic rings. The molecule has 0 aromatic heterocycles. The molecule has 0 heterocycles. The Morgan fingerprint density at radius 3 is 2.19 bits per heavy atom. The summed E-state index contributed by atoms with van der Waals surface area (Å²) in [5.74, 6) is -1.75. The van der Waals surface area contributed by atoms with Crippen LogP contribution in [-0.2, 0) is 19.1 Å². The summed E-state index contributed by atoms with van der Waals surface area (Å²) in [6.45, 7) is 3.44. The van der Waals surface area contributed by atoms with Crippen molar-refractivity contribution in [3.8, 4) is 5.75 Å². The predicted molar refractivity (Wildman–Crippen MR) is 102 cm³/mol. The van der Waals surface area contributed by atoms with E-state index in [1.54, 1.807) is 38.1 Å². The minimum Gasteiger partial charge on any atom is -0.507 e. The van der Waals surface area contributed by atoms with Crippen molar-refractivity contribution < 1.29 is 24.2 Å². The van der Waals surface area contributed by atoms with E-state index in [9.17, 15) is 14.7 Å². The van der Waals surface area contributed by atoms with Crippen molar-refractivity contribution in [2.45, 2.75) is 19.9 Å². The van der Waals surface area contributed by atoms with Crippen molar-refractivity contribution in [1.29, 1.82) is 0 Å². The molecule has 7 heteroatoms. The number of rotatable bonds is 7. The third-order valence-electron chi connectivity index (χ3n) is 3.54. The largest absolute Gasteiger partial charge is 0.507 e. The number of carbonyl (C=O) groups excluding carboxylic acids is 2. The fourth-order valence-electron chi connectivity index (χ4n) is 2.37. The van der Waals surface area contributed by atoms with Crippen LogP contribution in [0.3, 0.4) is 0 Å². The molecule has 0 aliphatic carbocycles. The molecule has 0 aliphatic rings. The summed E-state index contributed by atoms with van der Waals surface area (Å²) < 4.78 is 9.93. The molecule has 0 bridgehead atoms. The van der Waals surface area contributed by atoms with Gasteiger partial charge in [-0.3, -0.25) is 4.99 Å². The third-order valence-corrected chi connectivity index (χ3v) is 3.77. The number of halogens is 1. The number of aromatic hydroxyl groups is 1. The standard InChI is InChI=1S/C20H20ClNO5/c1-3-26-19(24)18(20(25)27-4-2)22-17(13-8-6-5-7-9-13)15-12-14(21)10-11-16(15)23/h5-12,18,23H,3-4H2,1-2H3. The van der Waals surface area contributed by atoms with Gasteiger partial charge in [-0.1, -0.05) is 41.9 Å². The number of hydrogen-bond acceptors (Lipinski definition) is 6. The van der Waals surface area contributed by atoms with Crippen LogP contribution in [0.4, 0.5) is 0 Å². The molecule has 0 saturated heterocycles. The van der Waals surface area contributed by atoms with E-state index in [1.165, 1.54) is 18.2 Å². The minimum atomic E-state index is -1.52. The molecule has 0 fully saturated rings. The average Bonchev–Trinajstić information content (AvgIpc) is 2.66. The molecular formula is C20H20ClNO5. The van der Waals surface area contributed by atoms with Gasteiger partial charge in [0.25, 0.3) is 0 Å². The first-order valence-corrected chi connectivity index (χ1v) is 8.81. The van der Waals surface area contributed by atoms with E-state index >= 15 is 0 Å². The molecule has 2 rings (SSSR count). The molecule has 0 saturated carbocycles. The Hall–Kier alpha value is -2.86. The van der Waals surface area contributed by atoms with Crippen LogP contribution in [-0.4, -0.2) is 42.0 Å². The van der Waals surface area contributed by atoms with Crippen molar-refractivity contribution in [3.05, 3.63) is 64.7 Å². The molecule has 0 spiro atoms. The van der Waals surface area contributed by atoms with Crippen LogP contribution in [0.2, 0.25) is 5.02 Å². The Labute approximate surface area is 162 Å². The van der Waals surface area contributed by atoms with E-state index in [0.717, 1.165) is 0 Å². The fourth-order valence-corrected chi connectivity index (χ4v) is 2.54. The average molecular weight is 390 g/mol. The summed E-state index contributed by atoms with van der Waals surface area (Å²) in [6.07, 6.45) is 0. The first kappa shape index (κ1) is 20.5. The zero-order valence-electron chi connectivity index (χ0n) is 15.0. The van der Waals surface area contributed by atoms with Gasteiger partial charge in [0.1, 0.15) is 5.75 Å². The van der Waals surface area contributed by atoms with Crippen molar-refractivity contribution in [3.63, 3.8) is 0 Å². The Bertz CT molecular complexity index is 818. The molecule has 6 nitrogen and oxygen atoms in total. The molecule has 0 atom stereocenters. The van der Waals surface area contributed by atoms with Crippen LogP contribution in [0, 0.1) is 0 Å². The molecule has 0 aliphatic heterocycles. The van der Waals surface area contributed by atoms with E-state index in [-0.39, 0.29) is 30.2 Å². The van der Waals surface area contributed by atoms with Gasteiger partial charge in [-0.25, -0.2) is 9.59 Å². The highest BCUT2D eigenvalue weighted by atomic mass is 35.5. The van der Waals surface area contributed by atoms with Crippen LogP contribution in [0.15, 0.2) is 53.5 Å². The maximum absolute atomic E-state index is 12.3.